The summed E-state index contributed by atoms with van der Waals surface area (Å²) in [6.45, 7) is 6.77. The number of benzene rings is 1. The van der Waals surface area contributed by atoms with Crippen LogP contribution in [0.5, 0.6) is 0 Å². The Morgan fingerprint density at radius 1 is 1.26 bits per heavy atom. The van der Waals surface area contributed by atoms with Crippen molar-refractivity contribution in [3.8, 4) is 6.07 Å². The van der Waals surface area contributed by atoms with E-state index in [2.05, 4.69) is 23.6 Å². The van der Waals surface area contributed by atoms with Gasteiger partial charge in [-0.05, 0) is 56.2 Å². The van der Waals surface area contributed by atoms with Crippen LogP contribution < -0.4 is 0 Å². The molecule has 2 N–H and O–H groups in total. The van der Waals surface area contributed by atoms with Gasteiger partial charge >= 0.3 is 0 Å². The first kappa shape index (κ1) is 20.6. The fourth-order valence-corrected chi connectivity index (χ4v) is 3.62. The Labute approximate surface area is 161 Å². The second-order valence-corrected chi connectivity index (χ2v) is 6.87. The predicted octanol–water partition coefficient (Wildman–Crippen LogP) is 4.76. The first-order valence-electron chi connectivity index (χ1n) is 9.66. The van der Waals surface area contributed by atoms with Crippen molar-refractivity contribution in [2.24, 2.45) is 11.8 Å². The average Bonchev–Trinajstić information content (AvgIpc) is 3.05. The minimum Gasteiger partial charge on any atom is -0.345 e. The Hall–Kier alpha value is -2.74. The van der Waals surface area contributed by atoms with Gasteiger partial charge in [0, 0.05) is 29.9 Å². The Morgan fingerprint density at radius 3 is 2.56 bits per heavy atom. The molecule has 2 rings (SSSR count). The number of nitrogens with zero attached hydrogens (tertiary/aromatic N) is 2. The molecule has 5 heteroatoms. The third kappa shape index (κ3) is 4.33. The zero-order valence-corrected chi connectivity index (χ0v) is 16.4. The van der Waals surface area contributed by atoms with Gasteiger partial charge < -0.3 is 15.4 Å². The minimum atomic E-state index is -0.474. The van der Waals surface area contributed by atoms with Gasteiger partial charge in [0.1, 0.15) is 0 Å². The molecule has 0 saturated carbocycles. The molecular formula is C22H28N4O. The van der Waals surface area contributed by atoms with Gasteiger partial charge in [-0.2, -0.15) is 5.26 Å². The summed E-state index contributed by atoms with van der Waals surface area (Å²) in [5.41, 5.74) is 3.03. The van der Waals surface area contributed by atoms with Crippen LogP contribution in [0.1, 0.15) is 51.3 Å². The third-order valence-electron chi connectivity index (χ3n) is 5.33. The van der Waals surface area contributed by atoms with Crippen LogP contribution in [0.15, 0.2) is 24.3 Å². The molecule has 0 bridgehead atoms. The predicted molar refractivity (Wildman–Crippen MR) is 110 cm³/mol. The summed E-state index contributed by atoms with van der Waals surface area (Å²) in [4.78, 5) is 12.4. The number of carbonyl (C=O) groups is 1. The Bertz CT molecular complexity index is 888. The largest absolute Gasteiger partial charge is 0.345 e. The lowest BCUT2D eigenvalue weighted by atomic mass is 9.86. The zero-order valence-electron chi connectivity index (χ0n) is 16.4. The van der Waals surface area contributed by atoms with Gasteiger partial charge in [0.25, 0.3) is 0 Å². The zero-order chi connectivity index (χ0) is 20.0. The lowest BCUT2D eigenvalue weighted by molar-refractivity contribution is -0.115. The highest BCUT2D eigenvalue weighted by Crippen LogP contribution is 2.24. The standard InChI is InChI=1S/C22H28N4O/c1-4-16(21(25)22(27)17(5-2)14-24)9-10-19-12-18-8-7-15(13-23)11-20(18)26(19)6-3/h7-8,11-12,14,16-17,24-25H,4-6,9-10H2,1-3H3/t16-,17+/m0/s1. The van der Waals surface area contributed by atoms with Crippen molar-refractivity contribution >= 4 is 28.6 Å². The van der Waals surface area contributed by atoms with Crippen LogP contribution in [0.2, 0.25) is 0 Å². The molecule has 0 aliphatic heterocycles. The Kier molecular flexibility index (Phi) is 7.06. The summed E-state index contributed by atoms with van der Waals surface area (Å²) >= 11 is 0. The number of ketones is 1. The molecule has 142 valence electrons. The molecule has 2 aromatic rings. The second-order valence-electron chi connectivity index (χ2n) is 6.87. The second kappa shape index (κ2) is 9.27. The molecule has 1 aromatic heterocycles. The molecule has 0 saturated heterocycles. The normalized spacial score (nSPS) is 13.1. The van der Waals surface area contributed by atoms with Crippen molar-refractivity contribution in [3.63, 3.8) is 0 Å². The van der Waals surface area contributed by atoms with Crippen LogP contribution >= 0.6 is 0 Å². The maximum Gasteiger partial charge on any atom is 0.184 e. The average molecular weight is 364 g/mol. The molecule has 5 nitrogen and oxygen atoms in total. The summed E-state index contributed by atoms with van der Waals surface area (Å²) in [5, 5.41) is 26.0. The van der Waals surface area contributed by atoms with Crippen LogP contribution in [-0.2, 0) is 17.8 Å². The summed E-state index contributed by atoms with van der Waals surface area (Å²) in [6.07, 6.45) is 3.97. The quantitative estimate of drug-likeness (QED) is 0.595. The topological polar surface area (TPSA) is 93.5 Å². The van der Waals surface area contributed by atoms with E-state index in [0.717, 1.165) is 42.9 Å². The van der Waals surface area contributed by atoms with Gasteiger partial charge in [-0.15, -0.1) is 0 Å². The number of rotatable bonds is 10. The fourth-order valence-electron chi connectivity index (χ4n) is 3.62. The number of Topliss-reactive ketones (excluding diaryl/α,β-unsaturated/α-hetero) is 1. The van der Waals surface area contributed by atoms with E-state index in [9.17, 15) is 4.79 Å². The lowest BCUT2D eigenvalue weighted by Crippen LogP contribution is -2.30. The van der Waals surface area contributed by atoms with Crippen LogP contribution in [0, 0.1) is 34.0 Å². The maximum absolute atomic E-state index is 12.4. The number of carbonyl (C=O) groups excluding carboxylic acids is 1. The Balaban J connectivity index is 2.21. The SMILES string of the molecule is CC[C@@H](CCc1cc2ccc(C#N)cc2n1CC)C(=N)C(=O)[C@@H](C=N)CC. The molecular weight excluding hydrogens is 336 g/mol. The smallest absolute Gasteiger partial charge is 0.184 e. The van der Waals surface area contributed by atoms with Gasteiger partial charge in [-0.3, -0.25) is 4.79 Å². The van der Waals surface area contributed by atoms with Crippen molar-refractivity contribution < 1.29 is 4.79 Å². The van der Waals surface area contributed by atoms with Crippen LogP contribution in [0.3, 0.4) is 0 Å². The number of fused-ring (bicyclic) bond motifs is 1. The maximum atomic E-state index is 12.4. The van der Waals surface area contributed by atoms with E-state index in [-0.39, 0.29) is 17.4 Å². The van der Waals surface area contributed by atoms with Crippen molar-refractivity contribution in [1.29, 1.82) is 16.1 Å². The number of aromatic nitrogens is 1. The summed E-state index contributed by atoms with van der Waals surface area (Å²) < 4.78 is 2.21. The summed E-state index contributed by atoms with van der Waals surface area (Å²) in [6, 6.07) is 10.1. The molecule has 0 spiro atoms. The van der Waals surface area contributed by atoms with Gasteiger partial charge in [0.05, 0.1) is 23.3 Å². The van der Waals surface area contributed by atoms with Gasteiger partial charge in [-0.1, -0.05) is 19.9 Å². The highest BCUT2D eigenvalue weighted by atomic mass is 16.1. The third-order valence-corrected chi connectivity index (χ3v) is 5.33. The molecule has 0 fully saturated rings. The molecule has 0 aliphatic carbocycles. The number of hydrogen-bond acceptors (Lipinski definition) is 4. The van der Waals surface area contributed by atoms with Crippen molar-refractivity contribution in [2.75, 3.05) is 0 Å². The van der Waals surface area contributed by atoms with Crippen LogP contribution in [0.4, 0.5) is 0 Å². The van der Waals surface area contributed by atoms with Crippen molar-refractivity contribution in [3.05, 3.63) is 35.5 Å². The Morgan fingerprint density at radius 2 is 2.00 bits per heavy atom. The van der Waals surface area contributed by atoms with Gasteiger partial charge in [-0.25, -0.2) is 0 Å². The highest BCUT2D eigenvalue weighted by Gasteiger charge is 2.25. The molecule has 27 heavy (non-hydrogen) atoms. The molecule has 2 atom stereocenters. The fraction of sp³-hybridized carbons (Fsp3) is 0.455. The number of hydrogen-bond donors (Lipinski definition) is 2. The van der Waals surface area contributed by atoms with E-state index in [1.165, 1.54) is 5.69 Å². The van der Waals surface area contributed by atoms with E-state index in [4.69, 9.17) is 16.1 Å². The van der Waals surface area contributed by atoms with E-state index in [1.807, 2.05) is 32.0 Å². The summed E-state index contributed by atoms with van der Waals surface area (Å²) in [5.74, 6) is -0.781. The minimum absolute atomic E-state index is 0.0931. The highest BCUT2D eigenvalue weighted by molar-refractivity contribution is 6.42. The molecule has 1 heterocycles. The monoisotopic (exact) mass is 364 g/mol. The number of nitrogens with one attached hydrogen (secondary N) is 2. The van der Waals surface area contributed by atoms with Crippen molar-refractivity contribution in [1.82, 2.24) is 4.57 Å². The number of nitriles is 1. The number of aryl methyl sites for hydroxylation is 2. The van der Waals surface area contributed by atoms with E-state index in [1.54, 1.807) is 0 Å². The van der Waals surface area contributed by atoms with E-state index in [0.29, 0.717) is 12.0 Å². The lowest BCUT2D eigenvalue weighted by Gasteiger charge is -2.18. The summed E-state index contributed by atoms with van der Waals surface area (Å²) in [7, 11) is 0. The molecule has 0 unspecified atom stereocenters. The van der Waals surface area contributed by atoms with Crippen LogP contribution in [0.25, 0.3) is 10.9 Å². The first-order valence-corrected chi connectivity index (χ1v) is 9.66. The van der Waals surface area contributed by atoms with Gasteiger partial charge in [0.2, 0.25) is 0 Å². The van der Waals surface area contributed by atoms with E-state index >= 15 is 0 Å². The van der Waals surface area contributed by atoms with Gasteiger partial charge in [0.15, 0.2) is 5.78 Å². The molecule has 0 radical (unpaired) electrons. The molecule has 0 aliphatic rings. The first-order chi connectivity index (χ1) is 13.0. The van der Waals surface area contributed by atoms with E-state index < -0.39 is 5.92 Å². The van der Waals surface area contributed by atoms with Crippen LogP contribution in [-0.4, -0.2) is 22.3 Å². The molecule has 0 amide bonds. The van der Waals surface area contributed by atoms with Crippen molar-refractivity contribution in [2.45, 2.75) is 53.0 Å². The molecule has 1 aromatic carbocycles.